The maximum Gasteiger partial charge on any atom is 0.271 e. The van der Waals surface area contributed by atoms with Crippen molar-refractivity contribution in [2.75, 3.05) is 13.7 Å². The number of rotatable bonds is 9. The highest BCUT2D eigenvalue weighted by Gasteiger charge is 2.12. The van der Waals surface area contributed by atoms with Crippen LogP contribution in [0.5, 0.6) is 17.2 Å². The average Bonchev–Trinajstić information content (AvgIpc) is 2.79. The summed E-state index contributed by atoms with van der Waals surface area (Å²) < 4.78 is 18.5. The summed E-state index contributed by atoms with van der Waals surface area (Å²) in [6.07, 6.45) is 1.55. The van der Waals surface area contributed by atoms with Crippen LogP contribution in [-0.2, 0) is 6.61 Å². The second kappa shape index (κ2) is 11.9. The van der Waals surface area contributed by atoms with E-state index < -0.39 is 0 Å². The van der Waals surface area contributed by atoms with Crippen LogP contribution in [0, 0.1) is 6.92 Å². The fraction of sp³-hybridized carbons (Fsp3) is 0.200. The summed E-state index contributed by atoms with van der Waals surface area (Å²) in [7, 11) is 1.55. The highest BCUT2D eigenvalue weighted by molar-refractivity contribution is 9.11. The highest BCUT2D eigenvalue weighted by atomic mass is 79.9. The van der Waals surface area contributed by atoms with Crippen LogP contribution in [0.3, 0.4) is 0 Å². The van der Waals surface area contributed by atoms with Crippen molar-refractivity contribution in [1.82, 2.24) is 5.43 Å². The Bertz CT molecular complexity index is 1150. The van der Waals surface area contributed by atoms with Crippen molar-refractivity contribution in [3.63, 3.8) is 0 Å². The van der Waals surface area contributed by atoms with Gasteiger partial charge in [0.05, 0.1) is 24.4 Å². The third kappa shape index (κ3) is 6.82. The number of nitrogens with one attached hydrogen (secondary N) is 1. The molecule has 3 aromatic rings. The number of aryl methyl sites for hydroxylation is 1. The number of hydrazone groups is 1. The molecule has 0 saturated carbocycles. The zero-order valence-corrected chi connectivity index (χ0v) is 21.7. The van der Waals surface area contributed by atoms with E-state index in [9.17, 15) is 4.79 Å². The van der Waals surface area contributed by atoms with Gasteiger partial charge in [0.25, 0.3) is 5.91 Å². The van der Waals surface area contributed by atoms with Crippen molar-refractivity contribution >= 4 is 44.0 Å². The maximum atomic E-state index is 12.6. The summed E-state index contributed by atoms with van der Waals surface area (Å²) in [6, 6.07) is 16.9. The van der Waals surface area contributed by atoms with E-state index in [1.807, 2.05) is 50.2 Å². The van der Waals surface area contributed by atoms with E-state index in [2.05, 4.69) is 42.4 Å². The number of ether oxygens (including phenoxy) is 3. The average molecular weight is 576 g/mol. The molecular weight excluding hydrogens is 552 g/mol. The highest BCUT2D eigenvalue weighted by Crippen LogP contribution is 2.33. The van der Waals surface area contributed by atoms with Gasteiger partial charge in [0.15, 0.2) is 11.5 Å². The molecule has 0 fully saturated rings. The van der Waals surface area contributed by atoms with E-state index in [1.54, 1.807) is 31.5 Å². The largest absolute Gasteiger partial charge is 0.493 e. The smallest absolute Gasteiger partial charge is 0.271 e. The molecule has 0 saturated heterocycles. The minimum atomic E-state index is -0.369. The SMILES string of the molecule is CCOc1cc(C(=O)N/N=C/c2cc(Br)cc(Br)c2OCc2ccc(C)cc2)ccc1OC. The van der Waals surface area contributed by atoms with E-state index in [1.165, 1.54) is 5.56 Å². The van der Waals surface area contributed by atoms with Gasteiger partial charge in [-0.05, 0) is 65.7 Å². The first-order valence-electron chi connectivity index (χ1n) is 10.2. The van der Waals surface area contributed by atoms with Crippen LogP contribution in [0.15, 0.2) is 68.6 Å². The number of halogens is 2. The summed E-state index contributed by atoms with van der Waals surface area (Å²) in [6.45, 7) is 4.77. The first-order valence-corrected chi connectivity index (χ1v) is 11.8. The zero-order valence-electron chi connectivity index (χ0n) is 18.5. The molecule has 0 atom stereocenters. The van der Waals surface area contributed by atoms with E-state index in [0.29, 0.717) is 41.6 Å². The third-order valence-electron chi connectivity index (χ3n) is 4.64. The lowest BCUT2D eigenvalue weighted by molar-refractivity contribution is 0.0954. The number of methoxy groups -OCH3 is 1. The second-order valence-electron chi connectivity index (χ2n) is 7.08. The molecule has 0 heterocycles. The Labute approximate surface area is 210 Å². The van der Waals surface area contributed by atoms with Gasteiger partial charge in [0.2, 0.25) is 0 Å². The van der Waals surface area contributed by atoms with Crippen LogP contribution in [0.25, 0.3) is 0 Å². The molecule has 0 aliphatic heterocycles. The van der Waals surface area contributed by atoms with Gasteiger partial charge in [0, 0.05) is 15.6 Å². The molecule has 0 aliphatic carbocycles. The maximum absolute atomic E-state index is 12.6. The predicted octanol–water partition coefficient (Wildman–Crippen LogP) is 6.27. The van der Waals surface area contributed by atoms with Crippen molar-refractivity contribution in [3.8, 4) is 17.2 Å². The minimum absolute atomic E-state index is 0.369. The molecule has 6 nitrogen and oxygen atoms in total. The van der Waals surface area contributed by atoms with Crippen molar-refractivity contribution < 1.29 is 19.0 Å². The second-order valence-corrected chi connectivity index (χ2v) is 8.85. The minimum Gasteiger partial charge on any atom is -0.493 e. The fourth-order valence-electron chi connectivity index (χ4n) is 2.98. The lowest BCUT2D eigenvalue weighted by Crippen LogP contribution is -2.17. The summed E-state index contributed by atoms with van der Waals surface area (Å²) in [5, 5.41) is 4.13. The summed E-state index contributed by atoms with van der Waals surface area (Å²) in [4.78, 5) is 12.6. The normalized spacial score (nSPS) is 10.8. The van der Waals surface area contributed by atoms with Crippen LogP contribution < -0.4 is 19.6 Å². The number of hydrogen-bond donors (Lipinski definition) is 1. The van der Waals surface area contributed by atoms with Gasteiger partial charge in [-0.1, -0.05) is 45.8 Å². The fourth-order valence-corrected chi connectivity index (χ4v) is 4.35. The van der Waals surface area contributed by atoms with Crippen LogP contribution in [0.1, 0.15) is 34.0 Å². The molecule has 0 spiro atoms. The van der Waals surface area contributed by atoms with Crippen molar-refractivity contribution in [2.45, 2.75) is 20.5 Å². The van der Waals surface area contributed by atoms with Gasteiger partial charge >= 0.3 is 0 Å². The summed E-state index contributed by atoms with van der Waals surface area (Å²) in [5.41, 5.74) is 5.90. The number of benzene rings is 3. The first kappa shape index (κ1) is 24.8. The van der Waals surface area contributed by atoms with Gasteiger partial charge in [-0.3, -0.25) is 4.79 Å². The van der Waals surface area contributed by atoms with Crippen LogP contribution in [-0.4, -0.2) is 25.8 Å². The van der Waals surface area contributed by atoms with Crippen molar-refractivity contribution in [2.24, 2.45) is 5.10 Å². The van der Waals surface area contributed by atoms with Crippen LogP contribution in [0.2, 0.25) is 0 Å². The molecule has 1 N–H and O–H groups in total. The molecule has 8 heteroatoms. The first-order chi connectivity index (χ1) is 15.9. The summed E-state index contributed by atoms with van der Waals surface area (Å²) >= 11 is 7.03. The number of amides is 1. The topological polar surface area (TPSA) is 69.2 Å². The number of hydrogen-bond acceptors (Lipinski definition) is 5. The Morgan fingerprint density at radius 2 is 1.79 bits per heavy atom. The molecule has 0 unspecified atom stereocenters. The zero-order chi connectivity index (χ0) is 23.8. The molecule has 33 heavy (non-hydrogen) atoms. The Hall–Kier alpha value is -2.84. The Balaban J connectivity index is 1.74. The molecule has 3 aromatic carbocycles. The quantitative estimate of drug-likeness (QED) is 0.241. The van der Waals surface area contributed by atoms with Crippen LogP contribution in [0.4, 0.5) is 0 Å². The lowest BCUT2D eigenvalue weighted by Gasteiger charge is -2.12. The molecule has 0 bridgehead atoms. The molecule has 0 aliphatic rings. The Kier molecular flexibility index (Phi) is 8.91. The van der Waals surface area contributed by atoms with E-state index in [0.717, 1.165) is 14.5 Å². The van der Waals surface area contributed by atoms with Crippen molar-refractivity contribution in [1.29, 1.82) is 0 Å². The van der Waals surface area contributed by atoms with Gasteiger partial charge in [-0.25, -0.2) is 5.43 Å². The Morgan fingerprint density at radius 3 is 2.48 bits per heavy atom. The van der Waals surface area contributed by atoms with Gasteiger partial charge in [0.1, 0.15) is 12.4 Å². The third-order valence-corrected chi connectivity index (χ3v) is 5.68. The lowest BCUT2D eigenvalue weighted by atomic mass is 10.1. The van der Waals surface area contributed by atoms with Gasteiger partial charge in [-0.15, -0.1) is 0 Å². The molecule has 3 rings (SSSR count). The van der Waals surface area contributed by atoms with E-state index in [4.69, 9.17) is 14.2 Å². The molecular formula is C25H24Br2N2O4. The molecule has 172 valence electrons. The molecule has 0 radical (unpaired) electrons. The van der Waals surface area contributed by atoms with Crippen molar-refractivity contribution in [3.05, 3.63) is 85.8 Å². The predicted molar refractivity (Wildman–Crippen MR) is 137 cm³/mol. The van der Waals surface area contributed by atoms with Gasteiger partial charge in [-0.2, -0.15) is 5.10 Å². The Morgan fingerprint density at radius 1 is 1.03 bits per heavy atom. The number of carbonyl (C=O) groups is 1. The summed E-state index contributed by atoms with van der Waals surface area (Å²) in [5.74, 6) is 1.32. The van der Waals surface area contributed by atoms with Crippen LogP contribution >= 0.6 is 31.9 Å². The van der Waals surface area contributed by atoms with E-state index >= 15 is 0 Å². The monoisotopic (exact) mass is 574 g/mol. The standard InChI is InChI=1S/C25H24Br2N2O4/c1-4-32-23-12-18(9-10-22(23)31-3)25(30)29-28-14-19-11-20(26)13-21(27)24(19)33-15-17-7-5-16(2)6-8-17/h5-14H,4,15H2,1-3H3,(H,29,30)/b28-14+. The number of nitrogens with zero attached hydrogens (tertiary/aromatic N) is 1. The van der Waals surface area contributed by atoms with E-state index in [-0.39, 0.29) is 5.91 Å². The van der Waals surface area contributed by atoms with Gasteiger partial charge < -0.3 is 14.2 Å². The molecule has 1 amide bonds. The number of carbonyl (C=O) groups excluding carboxylic acids is 1. The molecule has 0 aromatic heterocycles.